The number of hydrogen-bond acceptors (Lipinski definition) is 6. The van der Waals surface area contributed by atoms with E-state index in [1.54, 1.807) is 36.9 Å². The average Bonchev–Trinajstić information content (AvgIpc) is 3.23. The third kappa shape index (κ3) is 6.86. The molecule has 4 aromatic rings. The summed E-state index contributed by atoms with van der Waals surface area (Å²) in [5, 5.41) is 2.77. The second-order valence-corrected chi connectivity index (χ2v) is 11.8. The molecule has 2 amide bonds. The number of amides is 2. The molecule has 1 fully saturated rings. The topological polar surface area (TPSA) is 81.7 Å². The summed E-state index contributed by atoms with van der Waals surface area (Å²) in [6.07, 6.45) is 1.06. The number of hydrogen-bond donors (Lipinski definition) is 1. The van der Waals surface area contributed by atoms with Gasteiger partial charge in [0, 0.05) is 33.2 Å². The number of carbonyl (C=O) groups is 3. The minimum Gasteiger partial charge on any atom is -0.457 e. The van der Waals surface area contributed by atoms with Crippen molar-refractivity contribution < 1.29 is 23.9 Å². The van der Waals surface area contributed by atoms with Crippen LogP contribution < -0.4 is 10.1 Å². The summed E-state index contributed by atoms with van der Waals surface area (Å²) in [5.74, 6) is 1.41. The summed E-state index contributed by atoms with van der Waals surface area (Å²) in [7, 11) is 0. The van der Waals surface area contributed by atoms with E-state index in [9.17, 15) is 14.4 Å². The molecule has 1 heterocycles. The minimum atomic E-state index is -1.27. The number of carbonyl (C=O) groups excluding carboxylic acids is 3. The molecule has 1 saturated heterocycles. The number of nitrogens with one attached hydrogen (secondary N) is 1. The smallest absolute Gasteiger partial charge is 0.415 e. The molecule has 1 N–H and O–H groups in total. The SMILES string of the molecule is CCCc1cc(C(=O)c2ccc(Cl)cc2SCc2ccccc2)ccc1Oc1cccc(C[C@@]2(C)OC(=O)NC2=O)c1. The van der Waals surface area contributed by atoms with Gasteiger partial charge in [-0.05, 0) is 78.6 Å². The average molecular weight is 600 g/mol. The van der Waals surface area contributed by atoms with Gasteiger partial charge in [-0.15, -0.1) is 11.8 Å². The standard InChI is InChI=1S/C34H30ClNO5S/c1-3-8-24-18-25(31(37)28-15-14-26(35)19-30(28)42-21-22-9-5-4-6-10-22)13-16-29(24)40-27-12-7-11-23(17-27)20-34(2)32(38)36-33(39)41-34/h4-7,9-19H,3,8,20-21H2,1-2H3,(H,36,38,39)/t34-/m1/s1. The molecule has 0 aromatic heterocycles. The van der Waals surface area contributed by atoms with Crippen LogP contribution in [-0.4, -0.2) is 23.4 Å². The molecule has 1 atom stereocenters. The summed E-state index contributed by atoms with van der Waals surface area (Å²) >= 11 is 7.90. The third-order valence-electron chi connectivity index (χ3n) is 6.95. The lowest BCUT2D eigenvalue weighted by atomic mass is 9.96. The summed E-state index contributed by atoms with van der Waals surface area (Å²) in [6, 6.07) is 28.3. The molecule has 1 aliphatic rings. The maximum atomic E-state index is 13.7. The predicted octanol–water partition coefficient (Wildman–Crippen LogP) is 8.18. The van der Waals surface area contributed by atoms with E-state index in [1.807, 2.05) is 60.7 Å². The molecule has 1 aliphatic heterocycles. The van der Waals surface area contributed by atoms with Gasteiger partial charge in [-0.25, -0.2) is 4.79 Å². The maximum absolute atomic E-state index is 13.7. The molecule has 8 heteroatoms. The van der Waals surface area contributed by atoms with E-state index >= 15 is 0 Å². The maximum Gasteiger partial charge on any atom is 0.415 e. The normalized spacial score (nSPS) is 16.2. The van der Waals surface area contributed by atoms with Crippen molar-refractivity contribution in [2.45, 2.75) is 49.4 Å². The Morgan fingerprint density at radius 1 is 0.952 bits per heavy atom. The molecule has 0 spiro atoms. The molecule has 0 saturated carbocycles. The van der Waals surface area contributed by atoms with Crippen molar-refractivity contribution in [3.63, 3.8) is 0 Å². The Morgan fingerprint density at radius 3 is 2.48 bits per heavy atom. The van der Waals surface area contributed by atoms with Crippen molar-refractivity contribution >= 4 is 41.1 Å². The Balaban J connectivity index is 1.36. The van der Waals surface area contributed by atoms with Crippen molar-refractivity contribution in [1.29, 1.82) is 0 Å². The molecule has 0 unspecified atom stereocenters. The molecular formula is C34H30ClNO5S. The number of thioether (sulfide) groups is 1. The number of imide groups is 1. The first-order chi connectivity index (χ1) is 20.2. The van der Waals surface area contributed by atoms with E-state index in [2.05, 4.69) is 24.4 Å². The molecule has 0 bridgehead atoms. The van der Waals surface area contributed by atoms with Gasteiger partial charge in [0.05, 0.1) is 0 Å². The van der Waals surface area contributed by atoms with E-state index in [-0.39, 0.29) is 12.2 Å². The van der Waals surface area contributed by atoms with Crippen LogP contribution in [0.3, 0.4) is 0 Å². The van der Waals surface area contributed by atoms with Crippen LogP contribution >= 0.6 is 23.4 Å². The lowest BCUT2D eigenvalue weighted by Crippen LogP contribution is -2.38. The van der Waals surface area contributed by atoms with E-state index in [0.29, 0.717) is 27.6 Å². The van der Waals surface area contributed by atoms with Crippen molar-refractivity contribution in [2.24, 2.45) is 0 Å². The number of benzene rings is 4. The Bertz CT molecular complexity index is 1640. The van der Waals surface area contributed by atoms with Crippen molar-refractivity contribution in [3.05, 3.63) is 124 Å². The van der Waals surface area contributed by atoms with Gasteiger partial charge in [-0.2, -0.15) is 0 Å². The van der Waals surface area contributed by atoms with Crippen LogP contribution in [-0.2, 0) is 28.1 Å². The summed E-state index contributed by atoms with van der Waals surface area (Å²) in [5.41, 5.74) is 2.77. The zero-order chi connectivity index (χ0) is 29.7. The van der Waals surface area contributed by atoms with Gasteiger partial charge >= 0.3 is 6.09 Å². The Kier molecular flexibility index (Phi) is 9.00. The molecule has 6 nitrogen and oxygen atoms in total. The first kappa shape index (κ1) is 29.4. The van der Waals surface area contributed by atoms with E-state index < -0.39 is 17.6 Å². The van der Waals surface area contributed by atoms with E-state index in [0.717, 1.165) is 34.6 Å². The zero-order valence-corrected chi connectivity index (χ0v) is 24.9. The number of halogens is 1. The van der Waals surface area contributed by atoms with Gasteiger partial charge in [0.15, 0.2) is 11.4 Å². The van der Waals surface area contributed by atoms with Gasteiger partial charge in [-0.1, -0.05) is 67.4 Å². The molecule has 0 aliphatic carbocycles. The summed E-state index contributed by atoms with van der Waals surface area (Å²) < 4.78 is 11.5. The van der Waals surface area contributed by atoms with Crippen molar-refractivity contribution in [3.8, 4) is 11.5 Å². The minimum absolute atomic E-state index is 0.0780. The highest BCUT2D eigenvalue weighted by Crippen LogP contribution is 2.33. The lowest BCUT2D eigenvalue weighted by molar-refractivity contribution is -0.129. The van der Waals surface area contributed by atoms with Crippen LogP contribution in [0.2, 0.25) is 5.02 Å². The molecule has 4 aromatic carbocycles. The van der Waals surface area contributed by atoms with Crippen LogP contribution in [0.15, 0.2) is 95.9 Å². The van der Waals surface area contributed by atoms with Crippen LogP contribution in [0.1, 0.15) is 52.9 Å². The van der Waals surface area contributed by atoms with Gasteiger partial charge in [0.1, 0.15) is 11.5 Å². The van der Waals surface area contributed by atoms with Crippen molar-refractivity contribution in [1.82, 2.24) is 5.32 Å². The number of aryl methyl sites for hydroxylation is 1. The summed E-state index contributed by atoms with van der Waals surface area (Å²) in [6.45, 7) is 3.66. The van der Waals surface area contributed by atoms with Crippen LogP contribution in [0.25, 0.3) is 0 Å². The lowest BCUT2D eigenvalue weighted by Gasteiger charge is -2.19. The summed E-state index contributed by atoms with van der Waals surface area (Å²) in [4.78, 5) is 38.3. The molecule has 0 radical (unpaired) electrons. The highest BCUT2D eigenvalue weighted by molar-refractivity contribution is 7.98. The number of alkyl carbamates (subject to hydrolysis) is 1. The second-order valence-electron chi connectivity index (χ2n) is 10.3. The second kappa shape index (κ2) is 12.8. The number of rotatable bonds is 11. The number of ether oxygens (including phenoxy) is 2. The third-order valence-corrected chi connectivity index (χ3v) is 8.31. The highest BCUT2D eigenvalue weighted by Gasteiger charge is 2.44. The van der Waals surface area contributed by atoms with E-state index in [1.165, 1.54) is 5.56 Å². The Morgan fingerprint density at radius 2 is 1.74 bits per heavy atom. The molecule has 214 valence electrons. The van der Waals surface area contributed by atoms with Crippen LogP contribution in [0, 0.1) is 0 Å². The molecule has 5 rings (SSSR count). The fourth-order valence-corrected chi connectivity index (χ4v) is 6.11. The monoisotopic (exact) mass is 599 g/mol. The quantitative estimate of drug-likeness (QED) is 0.138. The van der Waals surface area contributed by atoms with Gasteiger partial charge in [0.25, 0.3) is 5.91 Å². The van der Waals surface area contributed by atoms with Crippen LogP contribution in [0.4, 0.5) is 4.79 Å². The predicted molar refractivity (Wildman–Crippen MR) is 165 cm³/mol. The number of cyclic esters (lactones) is 1. The van der Waals surface area contributed by atoms with Crippen molar-refractivity contribution in [2.75, 3.05) is 0 Å². The van der Waals surface area contributed by atoms with E-state index in [4.69, 9.17) is 21.1 Å². The Hall–Kier alpha value is -4.07. The fourth-order valence-electron chi connectivity index (χ4n) is 4.83. The first-order valence-corrected chi connectivity index (χ1v) is 15.1. The highest BCUT2D eigenvalue weighted by atomic mass is 35.5. The molecular weight excluding hydrogens is 570 g/mol. The zero-order valence-electron chi connectivity index (χ0n) is 23.3. The first-order valence-electron chi connectivity index (χ1n) is 13.7. The van der Waals surface area contributed by atoms with Gasteiger partial charge < -0.3 is 9.47 Å². The fraction of sp³-hybridized carbons (Fsp3) is 0.206. The largest absolute Gasteiger partial charge is 0.457 e. The number of ketones is 1. The van der Waals surface area contributed by atoms with Gasteiger partial charge in [-0.3, -0.25) is 14.9 Å². The van der Waals surface area contributed by atoms with Gasteiger partial charge in [0.2, 0.25) is 0 Å². The Labute approximate surface area is 254 Å². The molecule has 42 heavy (non-hydrogen) atoms. The van der Waals surface area contributed by atoms with Crippen LogP contribution in [0.5, 0.6) is 11.5 Å².